The molecule has 1 aromatic rings. The number of aromatic hydroxyl groups is 2. The number of hydrogen-bond acceptors (Lipinski definition) is 5. The molecule has 0 bridgehead atoms. The Morgan fingerprint density at radius 2 is 1.95 bits per heavy atom. The van der Waals surface area contributed by atoms with Crippen LogP contribution in [-0.4, -0.2) is 48.5 Å². The Morgan fingerprint density at radius 1 is 1.29 bits per heavy atom. The van der Waals surface area contributed by atoms with Crippen molar-refractivity contribution in [1.82, 2.24) is 10.6 Å². The molecule has 0 radical (unpaired) electrons. The molecule has 0 atom stereocenters. The predicted octanol–water partition coefficient (Wildman–Crippen LogP) is 0.986. The molecule has 1 fully saturated rings. The molecule has 6 nitrogen and oxygen atoms in total. The van der Waals surface area contributed by atoms with Crippen LogP contribution in [0.4, 0.5) is 0 Å². The first-order valence-corrected chi connectivity index (χ1v) is 7.30. The number of rotatable bonds is 6. The number of phenols is 2. The van der Waals surface area contributed by atoms with Gasteiger partial charge in [-0.05, 0) is 44.5 Å². The van der Waals surface area contributed by atoms with Gasteiger partial charge >= 0.3 is 0 Å². The van der Waals surface area contributed by atoms with Crippen LogP contribution < -0.4 is 10.6 Å². The zero-order chi connectivity index (χ0) is 15.1. The highest BCUT2D eigenvalue weighted by Crippen LogP contribution is 2.25. The Balaban J connectivity index is 1.67. The van der Waals surface area contributed by atoms with Gasteiger partial charge in [0.25, 0.3) is 5.91 Å². The topological polar surface area (TPSA) is 90.8 Å². The summed E-state index contributed by atoms with van der Waals surface area (Å²) in [6, 6.07) is 4.22. The van der Waals surface area contributed by atoms with E-state index in [0.29, 0.717) is 25.7 Å². The normalized spacial score (nSPS) is 15.8. The van der Waals surface area contributed by atoms with Crippen molar-refractivity contribution in [1.29, 1.82) is 0 Å². The van der Waals surface area contributed by atoms with E-state index in [4.69, 9.17) is 4.74 Å². The number of phenolic OH excluding ortho intramolecular Hbond substituents is 2. The van der Waals surface area contributed by atoms with Crippen molar-refractivity contribution in [3.05, 3.63) is 23.8 Å². The Morgan fingerprint density at radius 3 is 2.62 bits per heavy atom. The van der Waals surface area contributed by atoms with Gasteiger partial charge in [-0.3, -0.25) is 4.79 Å². The maximum absolute atomic E-state index is 11.9. The van der Waals surface area contributed by atoms with E-state index in [1.54, 1.807) is 0 Å². The van der Waals surface area contributed by atoms with Crippen LogP contribution in [0.1, 0.15) is 29.6 Å². The summed E-state index contributed by atoms with van der Waals surface area (Å²) in [6.45, 7) is 3.03. The summed E-state index contributed by atoms with van der Waals surface area (Å²) in [5.41, 5.74) is -0.0863. The van der Waals surface area contributed by atoms with Crippen molar-refractivity contribution in [3.63, 3.8) is 0 Å². The SMILES string of the molecule is O=C(NCCCOC1CCNCC1)c1c(O)cccc1O. The molecule has 1 saturated heterocycles. The highest BCUT2D eigenvalue weighted by Gasteiger charge is 2.16. The molecule has 0 saturated carbocycles. The van der Waals surface area contributed by atoms with E-state index in [1.807, 2.05) is 0 Å². The number of carbonyl (C=O) groups is 1. The molecule has 0 aliphatic carbocycles. The van der Waals surface area contributed by atoms with E-state index in [9.17, 15) is 15.0 Å². The molecular weight excluding hydrogens is 272 g/mol. The van der Waals surface area contributed by atoms with Gasteiger partial charge in [-0.25, -0.2) is 0 Å². The summed E-state index contributed by atoms with van der Waals surface area (Å²) in [4.78, 5) is 11.9. The van der Waals surface area contributed by atoms with Gasteiger partial charge < -0.3 is 25.6 Å². The third-order valence-electron chi connectivity index (χ3n) is 3.49. The van der Waals surface area contributed by atoms with Crippen LogP contribution in [0.25, 0.3) is 0 Å². The predicted molar refractivity (Wildman–Crippen MR) is 78.6 cm³/mol. The Hall–Kier alpha value is -1.79. The highest BCUT2D eigenvalue weighted by atomic mass is 16.5. The van der Waals surface area contributed by atoms with Gasteiger partial charge in [0.1, 0.15) is 17.1 Å². The van der Waals surface area contributed by atoms with Crippen LogP contribution in [0, 0.1) is 0 Å². The molecule has 0 spiro atoms. The van der Waals surface area contributed by atoms with Gasteiger partial charge in [0.15, 0.2) is 0 Å². The lowest BCUT2D eigenvalue weighted by atomic mass is 10.1. The van der Waals surface area contributed by atoms with E-state index in [2.05, 4.69) is 10.6 Å². The van der Waals surface area contributed by atoms with Gasteiger partial charge in [0.05, 0.1) is 6.10 Å². The molecule has 0 aromatic heterocycles. The minimum Gasteiger partial charge on any atom is -0.507 e. The minimum atomic E-state index is -0.479. The van der Waals surface area contributed by atoms with Gasteiger partial charge in [0.2, 0.25) is 0 Å². The van der Waals surface area contributed by atoms with Crippen LogP contribution in [-0.2, 0) is 4.74 Å². The molecule has 0 unspecified atom stereocenters. The van der Waals surface area contributed by atoms with E-state index in [-0.39, 0.29) is 17.1 Å². The molecule has 6 heteroatoms. The zero-order valence-corrected chi connectivity index (χ0v) is 12.0. The highest BCUT2D eigenvalue weighted by molar-refractivity contribution is 5.99. The van der Waals surface area contributed by atoms with E-state index >= 15 is 0 Å². The third-order valence-corrected chi connectivity index (χ3v) is 3.49. The second-order valence-electron chi connectivity index (χ2n) is 5.10. The van der Waals surface area contributed by atoms with E-state index < -0.39 is 5.91 Å². The number of ether oxygens (including phenoxy) is 1. The van der Waals surface area contributed by atoms with Crippen LogP contribution >= 0.6 is 0 Å². The number of hydrogen-bond donors (Lipinski definition) is 4. The summed E-state index contributed by atoms with van der Waals surface area (Å²) in [7, 11) is 0. The molecular formula is C15H22N2O4. The summed E-state index contributed by atoms with van der Waals surface area (Å²) in [6.07, 6.45) is 3.06. The fourth-order valence-corrected chi connectivity index (χ4v) is 2.34. The smallest absolute Gasteiger partial charge is 0.258 e. The van der Waals surface area contributed by atoms with Crippen molar-refractivity contribution in [2.75, 3.05) is 26.2 Å². The second-order valence-corrected chi connectivity index (χ2v) is 5.10. The van der Waals surface area contributed by atoms with Crippen molar-refractivity contribution in [2.45, 2.75) is 25.4 Å². The first kappa shape index (κ1) is 15.6. The number of carbonyl (C=O) groups excluding carboxylic acids is 1. The van der Waals surface area contributed by atoms with Crippen molar-refractivity contribution < 1.29 is 19.7 Å². The maximum atomic E-state index is 11.9. The first-order valence-electron chi connectivity index (χ1n) is 7.30. The van der Waals surface area contributed by atoms with Crippen LogP contribution in [0.15, 0.2) is 18.2 Å². The number of amides is 1. The summed E-state index contributed by atoms with van der Waals surface area (Å²) >= 11 is 0. The van der Waals surface area contributed by atoms with Gasteiger partial charge in [0, 0.05) is 13.2 Å². The van der Waals surface area contributed by atoms with Crippen LogP contribution in [0.2, 0.25) is 0 Å². The standard InChI is InChI=1S/C15H22N2O4/c18-12-3-1-4-13(19)14(12)15(20)17-7-2-10-21-11-5-8-16-9-6-11/h1,3-4,11,16,18-19H,2,5-10H2,(H,17,20). The summed E-state index contributed by atoms with van der Waals surface area (Å²) in [5, 5.41) is 25.1. The summed E-state index contributed by atoms with van der Waals surface area (Å²) < 4.78 is 5.73. The minimum absolute atomic E-state index is 0.0863. The average Bonchev–Trinajstić information content (AvgIpc) is 2.48. The van der Waals surface area contributed by atoms with E-state index in [0.717, 1.165) is 25.9 Å². The molecule has 4 N–H and O–H groups in total. The van der Waals surface area contributed by atoms with Gasteiger partial charge in [-0.2, -0.15) is 0 Å². The zero-order valence-electron chi connectivity index (χ0n) is 12.0. The molecule has 2 rings (SSSR count). The summed E-state index contributed by atoms with van der Waals surface area (Å²) in [5.74, 6) is -0.927. The fraction of sp³-hybridized carbons (Fsp3) is 0.533. The van der Waals surface area contributed by atoms with E-state index in [1.165, 1.54) is 18.2 Å². The Bertz CT molecular complexity index is 452. The average molecular weight is 294 g/mol. The molecule has 1 amide bonds. The molecule has 21 heavy (non-hydrogen) atoms. The maximum Gasteiger partial charge on any atom is 0.258 e. The first-order chi connectivity index (χ1) is 10.2. The molecule has 116 valence electrons. The van der Waals surface area contributed by atoms with Crippen molar-refractivity contribution >= 4 is 5.91 Å². The molecule has 1 aromatic carbocycles. The molecule has 1 heterocycles. The van der Waals surface area contributed by atoms with Crippen LogP contribution in [0.3, 0.4) is 0 Å². The lowest BCUT2D eigenvalue weighted by Crippen LogP contribution is -2.33. The largest absolute Gasteiger partial charge is 0.507 e. The Labute approximate surface area is 124 Å². The number of nitrogens with one attached hydrogen (secondary N) is 2. The van der Waals surface area contributed by atoms with Crippen LogP contribution in [0.5, 0.6) is 11.5 Å². The number of piperidine rings is 1. The third kappa shape index (κ3) is 4.61. The quantitative estimate of drug-likeness (QED) is 0.587. The van der Waals surface area contributed by atoms with Gasteiger partial charge in [-0.1, -0.05) is 6.07 Å². The van der Waals surface area contributed by atoms with Crippen molar-refractivity contribution in [2.24, 2.45) is 0 Å². The number of benzene rings is 1. The molecule has 1 aliphatic heterocycles. The van der Waals surface area contributed by atoms with Crippen molar-refractivity contribution in [3.8, 4) is 11.5 Å². The molecule has 1 aliphatic rings. The fourth-order valence-electron chi connectivity index (χ4n) is 2.34. The Kier molecular flexibility index (Phi) is 5.83. The van der Waals surface area contributed by atoms with Gasteiger partial charge in [-0.15, -0.1) is 0 Å². The lowest BCUT2D eigenvalue weighted by molar-refractivity contribution is 0.0318. The monoisotopic (exact) mass is 294 g/mol. The lowest BCUT2D eigenvalue weighted by Gasteiger charge is -2.22. The second kappa shape index (κ2) is 7.85.